The standard InChI is InChI=1S/C21H32FN3O3/c22-17-7-9-20(10-8-17)28-16-4-13-24-14-11-19(12-15-24)25(27)21(26)23-18-5-2-1-3-6-18/h7-10,18-19,27H,1-6,11-16H2,(H,23,26). The molecule has 2 aliphatic rings. The van der Waals surface area contributed by atoms with Crippen molar-refractivity contribution in [2.75, 3.05) is 26.2 Å². The predicted molar refractivity (Wildman–Crippen MR) is 105 cm³/mol. The van der Waals surface area contributed by atoms with Crippen molar-refractivity contribution >= 4 is 6.03 Å². The molecule has 0 unspecified atom stereocenters. The van der Waals surface area contributed by atoms with E-state index in [0.29, 0.717) is 12.4 Å². The summed E-state index contributed by atoms with van der Waals surface area (Å²) in [6.45, 7) is 3.21. The first kappa shape index (κ1) is 20.9. The van der Waals surface area contributed by atoms with Gasteiger partial charge in [-0.2, -0.15) is 0 Å². The second-order valence-electron chi connectivity index (χ2n) is 7.86. The molecule has 1 aromatic carbocycles. The topological polar surface area (TPSA) is 65.0 Å². The lowest BCUT2D eigenvalue weighted by Gasteiger charge is -2.36. The van der Waals surface area contributed by atoms with Crippen molar-refractivity contribution in [3.05, 3.63) is 30.1 Å². The Kier molecular flexibility index (Phi) is 7.91. The number of nitrogens with zero attached hydrogens (tertiary/aromatic N) is 2. The maximum atomic E-state index is 12.9. The average Bonchev–Trinajstić information content (AvgIpc) is 2.73. The van der Waals surface area contributed by atoms with Gasteiger partial charge in [-0.05, 0) is 56.4 Å². The van der Waals surface area contributed by atoms with Gasteiger partial charge >= 0.3 is 6.03 Å². The molecule has 0 radical (unpaired) electrons. The highest BCUT2D eigenvalue weighted by molar-refractivity contribution is 5.73. The van der Waals surface area contributed by atoms with Crippen molar-refractivity contribution in [1.29, 1.82) is 0 Å². The molecule has 6 nitrogen and oxygen atoms in total. The van der Waals surface area contributed by atoms with Gasteiger partial charge in [0.1, 0.15) is 11.6 Å². The van der Waals surface area contributed by atoms with E-state index in [1.165, 1.54) is 18.6 Å². The number of piperidine rings is 1. The number of halogens is 1. The fraction of sp³-hybridized carbons (Fsp3) is 0.667. The Morgan fingerprint density at radius 2 is 1.82 bits per heavy atom. The summed E-state index contributed by atoms with van der Waals surface area (Å²) in [5, 5.41) is 14.2. The minimum Gasteiger partial charge on any atom is -0.494 e. The molecule has 1 saturated carbocycles. The number of urea groups is 1. The van der Waals surface area contributed by atoms with E-state index in [0.717, 1.165) is 69.6 Å². The van der Waals surface area contributed by atoms with E-state index in [9.17, 15) is 14.4 Å². The number of amides is 2. The van der Waals surface area contributed by atoms with Gasteiger partial charge in [-0.15, -0.1) is 0 Å². The van der Waals surface area contributed by atoms with Crippen LogP contribution in [-0.4, -0.2) is 59.5 Å². The van der Waals surface area contributed by atoms with E-state index in [4.69, 9.17) is 4.74 Å². The monoisotopic (exact) mass is 393 g/mol. The molecular weight excluding hydrogens is 361 g/mol. The summed E-state index contributed by atoms with van der Waals surface area (Å²) < 4.78 is 18.5. The van der Waals surface area contributed by atoms with Crippen molar-refractivity contribution in [1.82, 2.24) is 15.3 Å². The quantitative estimate of drug-likeness (QED) is 0.420. The van der Waals surface area contributed by atoms with Crippen molar-refractivity contribution in [2.45, 2.75) is 63.5 Å². The molecule has 0 aromatic heterocycles. The van der Waals surface area contributed by atoms with Crippen LogP contribution in [0.1, 0.15) is 51.4 Å². The second-order valence-corrected chi connectivity index (χ2v) is 7.86. The van der Waals surface area contributed by atoms with Gasteiger partial charge in [-0.25, -0.2) is 14.2 Å². The third-order valence-electron chi connectivity index (χ3n) is 5.74. The molecule has 1 aliphatic heterocycles. The van der Waals surface area contributed by atoms with Crippen LogP contribution in [-0.2, 0) is 0 Å². The molecule has 2 amide bonds. The van der Waals surface area contributed by atoms with Gasteiger partial charge in [0.15, 0.2) is 0 Å². The Morgan fingerprint density at radius 3 is 2.50 bits per heavy atom. The molecule has 1 aliphatic carbocycles. The fourth-order valence-corrected chi connectivity index (χ4v) is 4.05. The van der Waals surface area contributed by atoms with Crippen LogP contribution in [0.2, 0.25) is 0 Å². The molecule has 28 heavy (non-hydrogen) atoms. The van der Waals surface area contributed by atoms with Crippen molar-refractivity contribution in [3.8, 4) is 5.75 Å². The lowest BCUT2D eigenvalue weighted by Crippen LogP contribution is -2.51. The first-order valence-electron chi connectivity index (χ1n) is 10.5. The number of likely N-dealkylation sites (tertiary alicyclic amines) is 1. The molecular formula is C21H32FN3O3. The highest BCUT2D eigenvalue weighted by atomic mass is 19.1. The predicted octanol–water partition coefficient (Wildman–Crippen LogP) is 3.79. The number of hydroxylamine groups is 2. The highest BCUT2D eigenvalue weighted by Crippen LogP contribution is 2.19. The molecule has 0 atom stereocenters. The fourth-order valence-electron chi connectivity index (χ4n) is 4.05. The van der Waals surface area contributed by atoms with Crippen LogP contribution in [0.5, 0.6) is 5.75 Å². The summed E-state index contributed by atoms with van der Waals surface area (Å²) in [5.74, 6) is 0.417. The molecule has 1 heterocycles. The lowest BCUT2D eigenvalue weighted by molar-refractivity contribution is -0.0935. The number of hydrogen-bond acceptors (Lipinski definition) is 4. The molecule has 2 fully saturated rings. The van der Waals surface area contributed by atoms with E-state index >= 15 is 0 Å². The number of rotatable bonds is 7. The molecule has 156 valence electrons. The van der Waals surface area contributed by atoms with Gasteiger partial charge in [-0.1, -0.05) is 19.3 Å². The zero-order valence-electron chi connectivity index (χ0n) is 16.5. The Hall–Kier alpha value is -1.86. The Morgan fingerprint density at radius 1 is 1.14 bits per heavy atom. The smallest absolute Gasteiger partial charge is 0.341 e. The summed E-state index contributed by atoms with van der Waals surface area (Å²) in [4.78, 5) is 14.6. The second kappa shape index (κ2) is 10.6. The van der Waals surface area contributed by atoms with E-state index in [2.05, 4.69) is 10.2 Å². The summed E-state index contributed by atoms with van der Waals surface area (Å²) in [5.41, 5.74) is 0. The van der Waals surface area contributed by atoms with Gasteiger partial charge in [-0.3, -0.25) is 5.21 Å². The summed E-state index contributed by atoms with van der Waals surface area (Å²) >= 11 is 0. The van der Waals surface area contributed by atoms with E-state index < -0.39 is 0 Å². The van der Waals surface area contributed by atoms with Crippen LogP contribution in [0.25, 0.3) is 0 Å². The number of carbonyl (C=O) groups excluding carboxylic acids is 1. The SMILES string of the molecule is O=C(NC1CCCCC1)N(O)C1CCN(CCCOc2ccc(F)cc2)CC1. The van der Waals surface area contributed by atoms with Crippen LogP contribution in [0, 0.1) is 5.82 Å². The number of ether oxygens (including phenoxy) is 1. The molecule has 1 saturated heterocycles. The maximum absolute atomic E-state index is 12.9. The average molecular weight is 394 g/mol. The maximum Gasteiger partial charge on any atom is 0.341 e. The van der Waals surface area contributed by atoms with Crippen molar-refractivity contribution in [2.24, 2.45) is 0 Å². The first-order valence-corrected chi connectivity index (χ1v) is 10.5. The molecule has 0 bridgehead atoms. The highest BCUT2D eigenvalue weighted by Gasteiger charge is 2.28. The molecule has 3 rings (SSSR count). The van der Waals surface area contributed by atoms with Gasteiger partial charge in [0.2, 0.25) is 0 Å². The Balaban J connectivity index is 1.30. The first-order chi connectivity index (χ1) is 13.6. The lowest BCUT2D eigenvalue weighted by atomic mass is 9.96. The van der Waals surface area contributed by atoms with Gasteiger partial charge < -0.3 is 15.0 Å². The number of hydrogen-bond donors (Lipinski definition) is 2. The van der Waals surface area contributed by atoms with Crippen LogP contribution in [0.3, 0.4) is 0 Å². The summed E-state index contributed by atoms with van der Waals surface area (Å²) in [6, 6.07) is 5.80. The van der Waals surface area contributed by atoms with E-state index in [1.54, 1.807) is 12.1 Å². The van der Waals surface area contributed by atoms with Gasteiger partial charge in [0.25, 0.3) is 0 Å². The number of benzene rings is 1. The van der Waals surface area contributed by atoms with Crippen LogP contribution < -0.4 is 10.1 Å². The molecule has 0 spiro atoms. The van der Waals surface area contributed by atoms with Crippen LogP contribution in [0.15, 0.2) is 24.3 Å². The Labute approximate surface area is 166 Å². The van der Waals surface area contributed by atoms with Crippen LogP contribution in [0.4, 0.5) is 9.18 Å². The Bertz CT molecular complexity index is 599. The molecule has 2 N–H and O–H groups in total. The van der Waals surface area contributed by atoms with E-state index in [-0.39, 0.29) is 23.9 Å². The third kappa shape index (κ3) is 6.34. The zero-order valence-corrected chi connectivity index (χ0v) is 16.5. The minimum atomic E-state index is -0.349. The zero-order chi connectivity index (χ0) is 19.8. The molecule has 7 heteroatoms. The normalized spacial score (nSPS) is 19.4. The minimum absolute atomic E-state index is 0.115. The third-order valence-corrected chi connectivity index (χ3v) is 5.74. The van der Waals surface area contributed by atoms with Crippen LogP contribution >= 0.6 is 0 Å². The van der Waals surface area contributed by atoms with Gasteiger partial charge in [0, 0.05) is 25.7 Å². The summed E-state index contributed by atoms with van der Waals surface area (Å²) in [7, 11) is 0. The summed E-state index contributed by atoms with van der Waals surface area (Å²) in [6.07, 6.45) is 7.99. The van der Waals surface area contributed by atoms with E-state index in [1.807, 2.05) is 0 Å². The molecule has 1 aromatic rings. The van der Waals surface area contributed by atoms with Gasteiger partial charge in [0.05, 0.1) is 12.6 Å². The van der Waals surface area contributed by atoms with Crippen molar-refractivity contribution in [3.63, 3.8) is 0 Å². The van der Waals surface area contributed by atoms with Crippen molar-refractivity contribution < 1.29 is 19.1 Å². The number of carbonyl (C=O) groups is 1. The number of nitrogens with one attached hydrogen (secondary N) is 1. The largest absolute Gasteiger partial charge is 0.494 e.